The molecule has 0 aliphatic rings. The van der Waals surface area contributed by atoms with E-state index < -0.39 is 0 Å². The molecule has 1 rings (SSSR count). The van der Waals surface area contributed by atoms with Gasteiger partial charge in [0.05, 0.1) is 0 Å². The van der Waals surface area contributed by atoms with E-state index in [2.05, 4.69) is 0 Å². The van der Waals surface area contributed by atoms with Crippen molar-refractivity contribution in [2.24, 2.45) is 0 Å². The molecule has 1 aromatic rings. The van der Waals surface area contributed by atoms with E-state index in [0.29, 0.717) is 0 Å². The van der Waals surface area contributed by atoms with E-state index in [1.54, 1.807) is 0 Å². The normalized spacial score (nSPS) is 10.2. The lowest BCUT2D eigenvalue weighted by Gasteiger charge is -2.08. The van der Waals surface area contributed by atoms with Crippen LogP contribution in [-0.2, 0) is 0 Å². The maximum Gasteiger partial charge on any atom is 0.0468 e. The zero-order valence-corrected chi connectivity index (χ0v) is 7.79. The smallest absolute Gasteiger partial charge is 0.0468 e. The lowest BCUT2D eigenvalue weighted by Crippen LogP contribution is -1.94. The van der Waals surface area contributed by atoms with Crippen molar-refractivity contribution in [2.45, 2.75) is 20.8 Å². The number of nitrogens with two attached hydrogens (primary N) is 1. The van der Waals surface area contributed by atoms with Crippen molar-refractivity contribution in [3.05, 3.63) is 27.8 Å². The summed E-state index contributed by atoms with van der Waals surface area (Å²) in [6.07, 6.45) is 0. The predicted molar refractivity (Wildman–Crippen MR) is 50.1 cm³/mol. The third-order valence-electron chi connectivity index (χ3n) is 2.04. The average Bonchev–Trinajstić information content (AvgIpc) is 1.97. The Balaban J connectivity index is 3.46. The standard InChI is InChI=1S/C9H12ClN/c1-5-4-8(11)6(2)7(3)9(5)10/h4H,11H2,1-3H3. The molecular formula is C9H12ClN. The summed E-state index contributed by atoms with van der Waals surface area (Å²) >= 11 is 6.00. The first-order valence-electron chi connectivity index (χ1n) is 3.56. The summed E-state index contributed by atoms with van der Waals surface area (Å²) < 4.78 is 0. The fourth-order valence-electron chi connectivity index (χ4n) is 1.08. The largest absolute Gasteiger partial charge is 0.398 e. The Labute approximate surface area is 72.2 Å². The van der Waals surface area contributed by atoms with Crippen molar-refractivity contribution in [1.29, 1.82) is 0 Å². The van der Waals surface area contributed by atoms with Crippen molar-refractivity contribution in [3.63, 3.8) is 0 Å². The third-order valence-corrected chi connectivity index (χ3v) is 2.62. The van der Waals surface area contributed by atoms with E-state index in [9.17, 15) is 0 Å². The third kappa shape index (κ3) is 1.33. The zero-order valence-electron chi connectivity index (χ0n) is 7.03. The van der Waals surface area contributed by atoms with Crippen LogP contribution in [0.2, 0.25) is 5.02 Å². The Kier molecular flexibility index (Phi) is 2.10. The summed E-state index contributed by atoms with van der Waals surface area (Å²) in [5.74, 6) is 0. The summed E-state index contributed by atoms with van der Waals surface area (Å²) in [7, 11) is 0. The molecular weight excluding hydrogens is 158 g/mol. The molecule has 0 atom stereocenters. The minimum Gasteiger partial charge on any atom is -0.398 e. The van der Waals surface area contributed by atoms with E-state index in [0.717, 1.165) is 27.4 Å². The fourth-order valence-corrected chi connectivity index (χ4v) is 1.28. The molecule has 2 N–H and O–H groups in total. The van der Waals surface area contributed by atoms with E-state index in [4.69, 9.17) is 17.3 Å². The Hall–Kier alpha value is -0.690. The van der Waals surface area contributed by atoms with Crippen LogP contribution in [0.4, 0.5) is 5.69 Å². The quantitative estimate of drug-likeness (QED) is 0.594. The molecule has 0 unspecified atom stereocenters. The van der Waals surface area contributed by atoms with Gasteiger partial charge in [0.1, 0.15) is 0 Å². The van der Waals surface area contributed by atoms with E-state index >= 15 is 0 Å². The van der Waals surface area contributed by atoms with Crippen molar-refractivity contribution in [3.8, 4) is 0 Å². The Morgan fingerprint density at radius 3 is 2.27 bits per heavy atom. The summed E-state index contributed by atoms with van der Waals surface area (Å²) in [6, 6.07) is 1.91. The topological polar surface area (TPSA) is 26.0 Å². The van der Waals surface area contributed by atoms with Gasteiger partial charge in [0, 0.05) is 10.7 Å². The van der Waals surface area contributed by atoms with Crippen LogP contribution < -0.4 is 5.73 Å². The van der Waals surface area contributed by atoms with Gasteiger partial charge < -0.3 is 5.73 Å². The molecule has 0 radical (unpaired) electrons. The Morgan fingerprint density at radius 2 is 1.73 bits per heavy atom. The maximum atomic E-state index is 6.00. The first kappa shape index (κ1) is 8.41. The molecule has 0 aliphatic carbocycles. The molecule has 0 saturated heterocycles. The number of nitrogen functional groups attached to an aromatic ring is 1. The molecule has 2 heteroatoms. The lowest BCUT2D eigenvalue weighted by molar-refractivity contribution is 1.30. The van der Waals surface area contributed by atoms with Gasteiger partial charge in [0.15, 0.2) is 0 Å². The van der Waals surface area contributed by atoms with Crippen LogP contribution in [0, 0.1) is 20.8 Å². The van der Waals surface area contributed by atoms with Crippen molar-refractivity contribution >= 4 is 17.3 Å². The summed E-state index contributed by atoms with van der Waals surface area (Å²) in [5, 5.41) is 0.830. The molecule has 1 nitrogen and oxygen atoms in total. The summed E-state index contributed by atoms with van der Waals surface area (Å²) in [4.78, 5) is 0. The molecule has 11 heavy (non-hydrogen) atoms. The highest BCUT2D eigenvalue weighted by Crippen LogP contribution is 2.27. The summed E-state index contributed by atoms with van der Waals surface area (Å²) in [6.45, 7) is 5.93. The zero-order chi connectivity index (χ0) is 8.59. The highest BCUT2D eigenvalue weighted by Gasteiger charge is 2.04. The second-order valence-electron chi connectivity index (χ2n) is 2.85. The number of hydrogen-bond donors (Lipinski definition) is 1. The molecule has 0 aliphatic heterocycles. The molecule has 0 spiro atoms. The first-order chi connectivity index (χ1) is 5.04. The number of anilines is 1. The molecule has 1 aromatic carbocycles. The van der Waals surface area contributed by atoms with Crippen molar-refractivity contribution in [1.82, 2.24) is 0 Å². The molecule has 0 aromatic heterocycles. The number of aryl methyl sites for hydroxylation is 1. The van der Waals surface area contributed by atoms with Gasteiger partial charge in [-0.05, 0) is 43.5 Å². The minimum atomic E-state index is 0.824. The van der Waals surface area contributed by atoms with Gasteiger partial charge in [-0.3, -0.25) is 0 Å². The van der Waals surface area contributed by atoms with Gasteiger partial charge in [-0.2, -0.15) is 0 Å². The number of benzene rings is 1. The number of rotatable bonds is 0. The van der Waals surface area contributed by atoms with Crippen LogP contribution >= 0.6 is 11.6 Å². The van der Waals surface area contributed by atoms with Gasteiger partial charge in [0.2, 0.25) is 0 Å². The van der Waals surface area contributed by atoms with Crippen molar-refractivity contribution < 1.29 is 0 Å². The highest BCUT2D eigenvalue weighted by atomic mass is 35.5. The fraction of sp³-hybridized carbons (Fsp3) is 0.333. The van der Waals surface area contributed by atoms with Crippen LogP contribution in [-0.4, -0.2) is 0 Å². The molecule has 60 valence electrons. The van der Waals surface area contributed by atoms with Gasteiger partial charge in [-0.25, -0.2) is 0 Å². The SMILES string of the molecule is Cc1cc(N)c(C)c(C)c1Cl. The van der Waals surface area contributed by atoms with Gasteiger partial charge in [-0.15, -0.1) is 0 Å². The van der Waals surface area contributed by atoms with E-state index in [-0.39, 0.29) is 0 Å². The van der Waals surface area contributed by atoms with Crippen LogP contribution in [0.25, 0.3) is 0 Å². The van der Waals surface area contributed by atoms with Crippen molar-refractivity contribution in [2.75, 3.05) is 5.73 Å². The second-order valence-corrected chi connectivity index (χ2v) is 3.22. The van der Waals surface area contributed by atoms with E-state index in [1.807, 2.05) is 26.8 Å². The van der Waals surface area contributed by atoms with Crippen LogP contribution in [0.5, 0.6) is 0 Å². The van der Waals surface area contributed by atoms with Gasteiger partial charge in [-0.1, -0.05) is 11.6 Å². The van der Waals surface area contributed by atoms with Gasteiger partial charge in [0.25, 0.3) is 0 Å². The maximum absolute atomic E-state index is 6.00. The van der Waals surface area contributed by atoms with Crippen LogP contribution in [0.15, 0.2) is 6.07 Å². The minimum absolute atomic E-state index is 0.824. The van der Waals surface area contributed by atoms with E-state index in [1.165, 1.54) is 0 Å². The second kappa shape index (κ2) is 2.74. The predicted octanol–water partition coefficient (Wildman–Crippen LogP) is 2.85. The van der Waals surface area contributed by atoms with Crippen LogP contribution in [0.3, 0.4) is 0 Å². The number of hydrogen-bond acceptors (Lipinski definition) is 1. The molecule has 0 fully saturated rings. The monoisotopic (exact) mass is 169 g/mol. The Bertz CT molecular complexity index is 266. The molecule has 0 bridgehead atoms. The van der Waals surface area contributed by atoms with Crippen LogP contribution in [0.1, 0.15) is 16.7 Å². The molecule has 0 heterocycles. The summed E-state index contributed by atoms with van der Waals surface area (Å²) in [5.41, 5.74) is 9.77. The average molecular weight is 170 g/mol. The lowest BCUT2D eigenvalue weighted by atomic mass is 10.0. The molecule has 0 saturated carbocycles. The van der Waals surface area contributed by atoms with Gasteiger partial charge >= 0.3 is 0 Å². The first-order valence-corrected chi connectivity index (χ1v) is 3.93. The Morgan fingerprint density at radius 1 is 1.18 bits per heavy atom. The molecule has 0 amide bonds. The number of halogens is 1. The highest BCUT2D eigenvalue weighted by molar-refractivity contribution is 6.32.